The van der Waals surface area contributed by atoms with E-state index in [9.17, 15) is 13.6 Å². The minimum absolute atomic E-state index is 0.116. The summed E-state index contributed by atoms with van der Waals surface area (Å²) < 4.78 is 24.9. The van der Waals surface area contributed by atoms with Gasteiger partial charge in [0.05, 0.1) is 17.7 Å². The molecule has 1 unspecified atom stereocenters. The quantitative estimate of drug-likeness (QED) is 0.852. The highest BCUT2D eigenvalue weighted by molar-refractivity contribution is 6.16. The van der Waals surface area contributed by atoms with Gasteiger partial charge in [0.1, 0.15) is 5.65 Å². The second kappa shape index (κ2) is 5.95. The van der Waals surface area contributed by atoms with Crippen LogP contribution in [0, 0.1) is 18.3 Å². The van der Waals surface area contributed by atoms with Crippen LogP contribution in [-0.2, 0) is 4.79 Å². The minimum atomic E-state index is -2.57. The third-order valence-electron chi connectivity index (χ3n) is 5.74. The first-order valence-electron chi connectivity index (χ1n) is 9.19. The number of aromatic amines is 1. The van der Waals surface area contributed by atoms with Crippen molar-refractivity contribution < 1.29 is 13.6 Å². The number of fused-ring (bicyclic) bond motifs is 1. The summed E-state index contributed by atoms with van der Waals surface area (Å²) in [5.74, 6) is -0.343. The molecule has 2 aromatic heterocycles. The Morgan fingerprint density at radius 3 is 3.07 bits per heavy atom. The third-order valence-corrected chi connectivity index (χ3v) is 5.74. The number of H-pyrrole nitrogens is 1. The van der Waals surface area contributed by atoms with Crippen molar-refractivity contribution in [1.82, 2.24) is 15.3 Å². The Balaban J connectivity index is 1.47. The molecule has 1 spiro atoms. The zero-order valence-corrected chi connectivity index (χ0v) is 15.2. The largest absolute Gasteiger partial charge is 0.347 e. The number of carbonyl (C=O) groups excluding carboxylic acids is 1. The van der Waals surface area contributed by atoms with Gasteiger partial charge in [-0.25, -0.2) is 13.8 Å². The molecule has 2 aromatic rings. The maximum Gasteiger partial charge on any atom is 0.255 e. The van der Waals surface area contributed by atoms with Crippen molar-refractivity contribution in [1.29, 1.82) is 0 Å². The lowest BCUT2D eigenvalue weighted by Gasteiger charge is -2.14. The zero-order valence-electron chi connectivity index (χ0n) is 15.2. The molecule has 7 heteroatoms. The van der Waals surface area contributed by atoms with Crippen LogP contribution in [0.25, 0.3) is 16.6 Å². The van der Waals surface area contributed by atoms with Gasteiger partial charge < -0.3 is 10.3 Å². The number of pyridine rings is 1. The van der Waals surface area contributed by atoms with Crippen LogP contribution in [0.1, 0.15) is 17.7 Å². The highest BCUT2D eigenvalue weighted by Crippen LogP contribution is 2.63. The number of nitrogens with zero attached hydrogens (tertiary/aromatic N) is 2. The summed E-state index contributed by atoms with van der Waals surface area (Å²) in [6.45, 7) is 1.30. The number of aliphatic imine (C=N–C) groups is 1. The number of alkyl halides is 2. The lowest BCUT2D eigenvalue weighted by molar-refractivity contribution is -0.118. The van der Waals surface area contributed by atoms with E-state index in [2.05, 4.69) is 26.4 Å². The molecule has 5 rings (SSSR count). The summed E-state index contributed by atoms with van der Waals surface area (Å²) in [5.41, 5.74) is 4.69. The number of carbonyl (C=O) groups is 1. The normalized spacial score (nSPS) is 25.0. The molecule has 2 N–H and O–H groups in total. The number of aryl methyl sites for hydroxylation is 1. The summed E-state index contributed by atoms with van der Waals surface area (Å²) in [7, 11) is 0. The predicted molar refractivity (Wildman–Crippen MR) is 103 cm³/mol. The smallest absolute Gasteiger partial charge is 0.255 e. The highest BCUT2D eigenvalue weighted by Gasteiger charge is 2.62. The van der Waals surface area contributed by atoms with E-state index < -0.39 is 24.3 Å². The highest BCUT2D eigenvalue weighted by atomic mass is 19.3. The van der Waals surface area contributed by atoms with E-state index in [4.69, 9.17) is 0 Å². The molecule has 2 atom stereocenters. The number of hydrogen-bond donors (Lipinski definition) is 2. The number of hydrogen-bond acceptors (Lipinski definition) is 3. The molecule has 3 aliphatic rings. The first-order chi connectivity index (χ1) is 13.5. The topological polar surface area (TPSA) is 70.1 Å². The van der Waals surface area contributed by atoms with Crippen molar-refractivity contribution in [2.24, 2.45) is 16.3 Å². The number of nitrogens with one attached hydrogen (secondary N) is 2. The third kappa shape index (κ3) is 2.46. The van der Waals surface area contributed by atoms with Crippen molar-refractivity contribution in [3.63, 3.8) is 0 Å². The van der Waals surface area contributed by atoms with Gasteiger partial charge in [-0.1, -0.05) is 12.2 Å². The van der Waals surface area contributed by atoms with Gasteiger partial charge >= 0.3 is 0 Å². The van der Waals surface area contributed by atoms with E-state index in [0.29, 0.717) is 5.57 Å². The average molecular weight is 380 g/mol. The maximum atomic E-state index is 12.5. The number of allylic oxidation sites excluding steroid dienone is 4. The van der Waals surface area contributed by atoms with Crippen LogP contribution in [0.15, 0.2) is 53.3 Å². The van der Waals surface area contributed by atoms with Crippen LogP contribution in [0.4, 0.5) is 8.78 Å². The van der Waals surface area contributed by atoms with Crippen LogP contribution >= 0.6 is 0 Å². The molecule has 1 fully saturated rings. The lowest BCUT2D eigenvalue weighted by atomic mass is 9.89. The molecule has 28 heavy (non-hydrogen) atoms. The van der Waals surface area contributed by atoms with Crippen LogP contribution in [-0.4, -0.2) is 34.6 Å². The van der Waals surface area contributed by atoms with Gasteiger partial charge in [0, 0.05) is 34.6 Å². The van der Waals surface area contributed by atoms with Crippen molar-refractivity contribution in [2.75, 3.05) is 6.54 Å². The van der Waals surface area contributed by atoms with E-state index in [1.807, 2.05) is 37.4 Å². The van der Waals surface area contributed by atoms with Gasteiger partial charge in [0.15, 0.2) is 0 Å². The van der Waals surface area contributed by atoms with Gasteiger partial charge in [0.2, 0.25) is 5.91 Å². The van der Waals surface area contributed by atoms with Crippen molar-refractivity contribution in [3.05, 3.63) is 59.6 Å². The molecule has 1 amide bonds. The number of aromatic nitrogens is 2. The molecule has 0 radical (unpaired) electrons. The summed E-state index contributed by atoms with van der Waals surface area (Å²) in [6, 6.07) is 4.03. The number of rotatable bonds is 4. The molecule has 142 valence electrons. The predicted octanol–water partition coefficient (Wildman–Crippen LogP) is 3.55. The average Bonchev–Trinajstić information content (AvgIpc) is 3.07. The molecule has 5 nitrogen and oxygen atoms in total. The second-order valence-electron chi connectivity index (χ2n) is 7.45. The molecule has 1 saturated carbocycles. The minimum Gasteiger partial charge on any atom is -0.347 e. The van der Waals surface area contributed by atoms with E-state index in [1.165, 1.54) is 6.20 Å². The summed E-state index contributed by atoms with van der Waals surface area (Å²) in [4.78, 5) is 24.6. The molecule has 0 aromatic carbocycles. The Morgan fingerprint density at radius 1 is 1.39 bits per heavy atom. The Bertz CT molecular complexity index is 1120. The van der Waals surface area contributed by atoms with Gasteiger partial charge in [-0.3, -0.25) is 9.79 Å². The van der Waals surface area contributed by atoms with Gasteiger partial charge in [-0.15, -0.1) is 0 Å². The SMILES string of the molecule is Cc1ccc2c(C3=C[C@@H]4CC45C(C(=O)NCC(F)F)=CN=C5C=C3)c[nH]c2n1. The molecule has 0 saturated heterocycles. The van der Waals surface area contributed by atoms with Crippen LogP contribution in [0.2, 0.25) is 0 Å². The summed E-state index contributed by atoms with van der Waals surface area (Å²) >= 11 is 0. The molecule has 1 aliphatic heterocycles. The van der Waals surface area contributed by atoms with Crippen molar-refractivity contribution in [2.45, 2.75) is 19.8 Å². The first-order valence-corrected chi connectivity index (χ1v) is 9.19. The fraction of sp³-hybridized carbons (Fsp3) is 0.286. The Kier molecular flexibility index (Phi) is 3.62. The lowest BCUT2D eigenvalue weighted by Crippen LogP contribution is -2.33. The van der Waals surface area contributed by atoms with Crippen LogP contribution in [0.5, 0.6) is 0 Å². The molecular weight excluding hydrogens is 362 g/mol. The standard InChI is InChI=1S/C21H18F2N4O/c1-11-2-4-14-15(8-25-19(14)27-11)12-3-5-17-21(7-13(21)6-12)16(9-24-17)20(28)26-10-18(22)23/h2-6,8-9,13,18H,7,10H2,1H3,(H,25,27)(H,26,28)/t13-,21?/m1/s1. The Hall–Kier alpha value is -3.09. The van der Waals surface area contributed by atoms with E-state index in [-0.39, 0.29) is 5.92 Å². The van der Waals surface area contributed by atoms with Gasteiger partial charge in [-0.05, 0) is 43.0 Å². The molecular formula is C21H18F2N4O. The van der Waals surface area contributed by atoms with Crippen LogP contribution < -0.4 is 5.32 Å². The second-order valence-corrected chi connectivity index (χ2v) is 7.45. The van der Waals surface area contributed by atoms with Gasteiger partial charge in [-0.2, -0.15) is 0 Å². The first kappa shape index (κ1) is 17.0. The fourth-order valence-electron chi connectivity index (χ4n) is 4.28. The maximum absolute atomic E-state index is 12.5. The number of halogens is 2. The Labute approximate surface area is 160 Å². The van der Waals surface area contributed by atoms with Crippen molar-refractivity contribution >= 4 is 28.2 Å². The molecule has 0 bridgehead atoms. The fourth-order valence-corrected chi connectivity index (χ4v) is 4.28. The zero-order chi connectivity index (χ0) is 19.5. The van der Waals surface area contributed by atoms with E-state index in [1.54, 1.807) is 0 Å². The summed E-state index contributed by atoms with van der Waals surface area (Å²) in [6.07, 6.45) is 7.74. The van der Waals surface area contributed by atoms with Gasteiger partial charge in [0.25, 0.3) is 6.43 Å². The molecule has 2 aliphatic carbocycles. The van der Waals surface area contributed by atoms with E-state index >= 15 is 0 Å². The number of amides is 1. The Morgan fingerprint density at radius 2 is 2.25 bits per heavy atom. The van der Waals surface area contributed by atoms with Crippen LogP contribution in [0.3, 0.4) is 0 Å². The molecule has 3 heterocycles. The summed E-state index contributed by atoms with van der Waals surface area (Å²) in [5, 5.41) is 3.35. The monoisotopic (exact) mass is 380 g/mol. The van der Waals surface area contributed by atoms with E-state index in [0.717, 1.165) is 40.0 Å². The van der Waals surface area contributed by atoms with Crippen molar-refractivity contribution in [3.8, 4) is 0 Å².